The molecular weight excluding hydrogens is 789 g/mol. The number of likely N-dealkylation sites (N-methyl/N-ethyl adjacent to an activating group) is 1. The van der Waals surface area contributed by atoms with Crippen molar-refractivity contribution in [2.24, 2.45) is 4.99 Å². The van der Waals surface area contributed by atoms with E-state index in [2.05, 4.69) is 58.0 Å². The van der Waals surface area contributed by atoms with E-state index in [0.717, 1.165) is 53.8 Å². The molecule has 0 fully saturated rings. The van der Waals surface area contributed by atoms with Crippen LogP contribution in [0.25, 0.3) is 11.1 Å². The van der Waals surface area contributed by atoms with Gasteiger partial charge in [-0.2, -0.15) is 4.99 Å². The van der Waals surface area contributed by atoms with Crippen LogP contribution in [0.1, 0.15) is 122 Å². The van der Waals surface area contributed by atoms with E-state index in [9.17, 15) is 19.2 Å². The fourth-order valence-electron chi connectivity index (χ4n) is 6.02. The second-order valence-electron chi connectivity index (χ2n) is 17.4. The first-order valence-electron chi connectivity index (χ1n) is 20.8. The molecule has 0 radical (unpaired) electrons. The zero-order chi connectivity index (χ0) is 46.8. The molecule has 2 heterocycles. The minimum absolute atomic E-state index is 0.149. The summed E-state index contributed by atoms with van der Waals surface area (Å²) in [6.45, 7) is 26.9. The summed E-state index contributed by atoms with van der Waals surface area (Å²) in [5.74, 6) is -0.149. The van der Waals surface area contributed by atoms with Gasteiger partial charge in [-0.1, -0.05) is 26.0 Å². The first-order chi connectivity index (χ1) is 28.9. The van der Waals surface area contributed by atoms with Gasteiger partial charge in [0.05, 0.1) is 0 Å². The molecule has 15 nitrogen and oxygen atoms in total. The van der Waals surface area contributed by atoms with Gasteiger partial charge >= 0.3 is 188 Å². The number of nitriles is 1. The maximum Gasteiger partial charge on any atom is 0.0166 e. The van der Waals surface area contributed by atoms with Crippen molar-refractivity contribution < 1.29 is 38.0 Å². The molecular formula is C46H66BN7O8. The Morgan fingerprint density at radius 2 is 1.32 bits per heavy atom. The Hall–Kier alpha value is -5.95. The second kappa shape index (κ2) is 23.9. The number of nitrogens with one attached hydrogen (secondary N) is 3. The zero-order valence-corrected chi connectivity index (χ0v) is 39.1. The fourth-order valence-corrected chi connectivity index (χ4v) is 6.02. The number of hydrogen-bond donors (Lipinski definition) is 3. The van der Waals surface area contributed by atoms with Crippen LogP contribution in [-0.4, -0.2) is 103 Å². The molecule has 2 aromatic rings. The molecule has 62 heavy (non-hydrogen) atoms. The number of amides is 4. The SMILES string of the molecule is CC.CC(C)(C)OC(=O)/N=C/NC(=O)OC(C)(C)C.Cc1cc(NC(=O)c2ccc(C3=CCN(C(=BOC#N)NC(=O)OC(C)(C)C)CC3)c(C)c2)ccc1C1=CCN(C)CC1. The van der Waals surface area contributed by atoms with E-state index in [1.807, 2.05) is 56.0 Å². The zero-order valence-electron chi connectivity index (χ0n) is 39.1. The maximum absolute atomic E-state index is 13.1. The molecule has 2 aromatic carbocycles. The minimum atomic E-state index is -0.770. The second-order valence-corrected chi connectivity index (χ2v) is 17.4. The van der Waals surface area contributed by atoms with E-state index in [4.69, 9.17) is 24.1 Å². The van der Waals surface area contributed by atoms with Crippen LogP contribution in [0, 0.1) is 25.4 Å². The van der Waals surface area contributed by atoms with E-state index in [1.165, 1.54) is 18.3 Å². The molecule has 0 spiro atoms. The van der Waals surface area contributed by atoms with E-state index in [1.54, 1.807) is 68.6 Å². The van der Waals surface area contributed by atoms with Gasteiger partial charge in [-0.15, -0.1) is 0 Å². The molecule has 0 atom stereocenters. The number of carbonyl (C=O) groups excluding carboxylic acids is 4. The van der Waals surface area contributed by atoms with Crippen LogP contribution in [0.4, 0.5) is 20.1 Å². The summed E-state index contributed by atoms with van der Waals surface area (Å²) in [7, 11) is 3.34. The quantitative estimate of drug-likeness (QED) is 0.0760. The average Bonchev–Trinajstić information content (AvgIpc) is 3.16. The van der Waals surface area contributed by atoms with Gasteiger partial charge in [-0.25, -0.2) is 9.59 Å². The number of aliphatic imine (C=N–C) groups is 1. The van der Waals surface area contributed by atoms with Crippen LogP contribution in [0.3, 0.4) is 0 Å². The molecule has 2 aliphatic heterocycles. The molecule has 3 N–H and O–H groups in total. The normalized spacial score (nSPS) is 14.5. The molecule has 4 amide bonds. The third-order valence-corrected chi connectivity index (χ3v) is 8.62. The number of carbonyl (C=O) groups is 4. The third kappa shape index (κ3) is 19.2. The molecule has 0 aromatic heterocycles. The van der Waals surface area contributed by atoms with Gasteiger partial charge in [0.2, 0.25) is 0 Å². The largest absolute Gasteiger partial charge is 0.302 e. The number of anilines is 1. The summed E-state index contributed by atoms with van der Waals surface area (Å²) >= 11 is 0. The van der Waals surface area contributed by atoms with Gasteiger partial charge in [0.25, 0.3) is 0 Å². The number of ether oxygens (including phenoxy) is 3. The van der Waals surface area contributed by atoms with Crippen molar-refractivity contribution in [3.8, 4) is 6.26 Å². The third-order valence-electron chi connectivity index (χ3n) is 8.62. The van der Waals surface area contributed by atoms with Gasteiger partial charge in [-0.05, 0) is 90.8 Å². The van der Waals surface area contributed by atoms with Gasteiger partial charge in [0.15, 0.2) is 0 Å². The van der Waals surface area contributed by atoms with Crippen molar-refractivity contribution >= 4 is 60.2 Å². The Labute approximate surface area is 368 Å². The molecule has 0 unspecified atom stereocenters. The van der Waals surface area contributed by atoms with Crippen molar-refractivity contribution in [1.29, 1.82) is 5.26 Å². The Morgan fingerprint density at radius 3 is 1.82 bits per heavy atom. The minimum Gasteiger partial charge on any atom is -0.302 e. The average molecular weight is 856 g/mol. The maximum atomic E-state index is 13.1. The number of benzene rings is 2. The Morgan fingerprint density at radius 1 is 0.774 bits per heavy atom. The van der Waals surface area contributed by atoms with E-state index >= 15 is 0 Å². The Kier molecular flexibility index (Phi) is 20.1. The Bertz CT molecular complexity index is 2050. The number of hydrogen-bond acceptors (Lipinski definition) is 11. The molecule has 4 rings (SSSR count). The summed E-state index contributed by atoms with van der Waals surface area (Å²) in [5.41, 5.74) is 6.84. The summed E-state index contributed by atoms with van der Waals surface area (Å²) < 4.78 is 20.0. The topological polar surface area (TPSA) is 184 Å². The van der Waals surface area contributed by atoms with Gasteiger partial charge in [-0.3, -0.25) is 5.32 Å². The van der Waals surface area contributed by atoms with Crippen molar-refractivity contribution in [3.05, 3.63) is 76.4 Å². The number of alkyl carbamates (subject to hydrolysis) is 2. The van der Waals surface area contributed by atoms with E-state index in [0.29, 0.717) is 30.8 Å². The van der Waals surface area contributed by atoms with Crippen LogP contribution in [-0.2, 0) is 18.9 Å². The van der Waals surface area contributed by atoms with Crippen LogP contribution in [0.2, 0.25) is 0 Å². The predicted molar refractivity (Wildman–Crippen MR) is 247 cm³/mol. The summed E-state index contributed by atoms with van der Waals surface area (Å²) in [6, 6.07) is 11.9. The first kappa shape index (κ1) is 52.2. The van der Waals surface area contributed by atoms with Crippen molar-refractivity contribution in [3.63, 3.8) is 0 Å². The molecule has 16 heteroatoms. The van der Waals surface area contributed by atoms with E-state index in [-0.39, 0.29) is 5.91 Å². The van der Waals surface area contributed by atoms with E-state index < -0.39 is 35.1 Å². The molecule has 2 aliphatic rings. The Balaban J connectivity index is 0.000000587. The smallest absolute Gasteiger partial charge is 0.0166 e. The number of aryl methyl sites for hydroxylation is 2. The standard InChI is InChI=1S/C33H40BN5O4.C11H20N2O4.C2H6/c1-22-19-26(30(40)36-27-8-10-29(23(2)20-27)24-11-15-38(6)16-12-24)7-9-28(22)25-13-17-39(18-14-25)31(34-42-21-35)37-32(41)43-33(3,4)5;1-10(2,3)16-8(14)12-7-13-9(15)17-11(4,5)6;1-2/h7-11,13,19-20H,12,14-18H2,1-6H3,(H,36,40)(H,37,41);7H,1-6H3,(H,12,13,14,15);1-2H3. The molecule has 0 saturated heterocycles. The molecule has 0 bridgehead atoms. The van der Waals surface area contributed by atoms with Gasteiger partial charge in [0, 0.05) is 13.1 Å². The number of nitrogens with zero attached hydrogens (tertiary/aromatic N) is 4. The monoisotopic (exact) mass is 856 g/mol. The van der Waals surface area contributed by atoms with Gasteiger partial charge in [0.1, 0.15) is 17.5 Å². The number of rotatable bonds is 8. The summed E-state index contributed by atoms with van der Waals surface area (Å²) in [5, 5.41) is 16.8. The van der Waals surface area contributed by atoms with Crippen molar-refractivity contribution in [2.75, 3.05) is 38.5 Å². The molecule has 336 valence electrons. The van der Waals surface area contributed by atoms with Crippen molar-refractivity contribution in [2.45, 2.75) is 120 Å². The summed E-state index contributed by atoms with van der Waals surface area (Å²) in [6.07, 6.45) is 6.57. The van der Waals surface area contributed by atoms with Crippen LogP contribution in [0.5, 0.6) is 0 Å². The van der Waals surface area contributed by atoms with Crippen LogP contribution < -0.4 is 16.0 Å². The van der Waals surface area contributed by atoms with Crippen LogP contribution >= 0.6 is 0 Å². The molecule has 0 aliphatic carbocycles. The molecule has 0 saturated carbocycles. The predicted octanol–water partition coefficient (Wildman–Crippen LogP) is 8.59. The van der Waals surface area contributed by atoms with Gasteiger partial charge < -0.3 is 14.4 Å². The fraction of sp³-hybridized carbons (Fsp3) is 0.500. The summed E-state index contributed by atoms with van der Waals surface area (Å²) in [4.78, 5) is 55.3. The first-order valence-corrected chi connectivity index (χ1v) is 20.8. The van der Waals surface area contributed by atoms with Crippen molar-refractivity contribution in [1.82, 2.24) is 20.4 Å². The van der Waals surface area contributed by atoms with Crippen LogP contribution in [0.15, 0.2) is 53.5 Å².